The van der Waals surface area contributed by atoms with Crippen molar-refractivity contribution in [3.05, 3.63) is 63.0 Å². The van der Waals surface area contributed by atoms with Crippen LogP contribution in [0.15, 0.2) is 41.3 Å². The Morgan fingerprint density at radius 3 is 2.69 bits per heavy atom. The third-order valence-corrected chi connectivity index (χ3v) is 4.49. The van der Waals surface area contributed by atoms with Crippen LogP contribution in [0.25, 0.3) is 0 Å². The maximum atomic E-state index is 12.1. The van der Waals surface area contributed by atoms with E-state index in [1.165, 1.54) is 6.07 Å². The van der Waals surface area contributed by atoms with E-state index in [1.807, 2.05) is 29.7 Å². The molecule has 0 radical (unpaired) electrons. The largest absolute Gasteiger partial charge is 0.478 e. The lowest BCUT2D eigenvalue weighted by atomic mass is 10.1. The first-order valence-electron chi connectivity index (χ1n) is 8.71. The molecule has 1 aromatic heterocycles. The number of halogens is 1. The zero-order valence-corrected chi connectivity index (χ0v) is 16.2. The SMILES string of the molecule is Cc1c(OCC(=O)NCc2ccccc2Cl)c(=O)ccn1CCC(C)C. The molecule has 0 aliphatic rings. The van der Waals surface area contributed by atoms with Crippen LogP contribution in [0.1, 0.15) is 31.5 Å². The van der Waals surface area contributed by atoms with E-state index in [9.17, 15) is 9.59 Å². The number of nitrogens with one attached hydrogen (secondary N) is 1. The van der Waals surface area contributed by atoms with Gasteiger partial charge in [-0.2, -0.15) is 0 Å². The molecule has 0 fully saturated rings. The molecule has 0 unspecified atom stereocenters. The van der Waals surface area contributed by atoms with E-state index in [4.69, 9.17) is 16.3 Å². The molecule has 26 heavy (non-hydrogen) atoms. The first-order chi connectivity index (χ1) is 12.4. The predicted octanol–water partition coefficient (Wildman–Crippen LogP) is 3.55. The number of aromatic nitrogens is 1. The van der Waals surface area contributed by atoms with Gasteiger partial charge in [0.2, 0.25) is 5.43 Å². The molecule has 1 heterocycles. The molecule has 2 aromatic rings. The number of ether oxygens (including phenoxy) is 1. The second-order valence-electron chi connectivity index (χ2n) is 6.63. The quantitative estimate of drug-likeness (QED) is 0.766. The summed E-state index contributed by atoms with van der Waals surface area (Å²) in [5, 5.41) is 3.34. The molecule has 6 heteroatoms. The summed E-state index contributed by atoms with van der Waals surface area (Å²) in [6.07, 6.45) is 2.77. The third kappa shape index (κ3) is 5.63. The van der Waals surface area contributed by atoms with E-state index >= 15 is 0 Å². The molecule has 5 nitrogen and oxygen atoms in total. The minimum absolute atomic E-state index is 0.214. The molecule has 0 spiro atoms. The highest BCUT2D eigenvalue weighted by atomic mass is 35.5. The van der Waals surface area contributed by atoms with Crippen molar-refractivity contribution in [3.63, 3.8) is 0 Å². The molecule has 0 saturated carbocycles. The summed E-state index contributed by atoms with van der Waals surface area (Å²) in [4.78, 5) is 24.1. The Morgan fingerprint density at radius 2 is 2.00 bits per heavy atom. The molecule has 0 atom stereocenters. The van der Waals surface area contributed by atoms with E-state index in [0.29, 0.717) is 17.5 Å². The van der Waals surface area contributed by atoms with Gasteiger partial charge < -0.3 is 14.6 Å². The van der Waals surface area contributed by atoms with Crippen LogP contribution in [-0.2, 0) is 17.9 Å². The van der Waals surface area contributed by atoms with Crippen molar-refractivity contribution in [3.8, 4) is 5.75 Å². The number of carbonyl (C=O) groups excluding carboxylic acids is 1. The Bertz CT molecular complexity index is 815. The van der Waals surface area contributed by atoms with Crippen molar-refractivity contribution in [2.45, 2.75) is 40.3 Å². The average molecular weight is 377 g/mol. The standard InChI is InChI=1S/C20H25ClN2O3/c1-14(2)8-10-23-11-9-18(24)20(15(23)3)26-13-19(25)22-12-16-6-4-5-7-17(16)21/h4-7,9,11,14H,8,10,12-13H2,1-3H3,(H,22,25). The van der Waals surface area contributed by atoms with E-state index < -0.39 is 0 Å². The second-order valence-corrected chi connectivity index (χ2v) is 7.03. The van der Waals surface area contributed by atoms with E-state index in [2.05, 4.69) is 19.2 Å². The zero-order valence-electron chi connectivity index (χ0n) is 15.4. The van der Waals surface area contributed by atoms with Crippen LogP contribution < -0.4 is 15.5 Å². The Morgan fingerprint density at radius 1 is 1.27 bits per heavy atom. The number of rotatable bonds is 8. The second kappa shape index (κ2) is 9.43. The summed E-state index contributed by atoms with van der Waals surface area (Å²) in [6, 6.07) is 8.78. The third-order valence-electron chi connectivity index (χ3n) is 4.12. The highest BCUT2D eigenvalue weighted by Gasteiger charge is 2.11. The van der Waals surface area contributed by atoms with Crippen molar-refractivity contribution >= 4 is 17.5 Å². The molecule has 0 aliphatic carbocycles. The van der Waals surface area contributed by atoms with Crippen molar-refractivity contribution in [1.29, 1.82) is 0 Å². The fourth-order valence-corrected chi connectivity index (χ4v) is 2.70. The predicted molar refractivity (Wildman–Crippen MR) is 104 cm³/mol. The lowest BCUT2D eigenvalue weighted by Gasteiger charge is -2.15. The number of nitrogens with zero attached hydrogens (tertiary/aromatic N) is 1. The van der Waals surface area contributed by atoms with Crippen molar-refractivity contribution < 1.29 is 9.53 Å². The van der Waals surface area contributed by atoms with Gasteiger partial charge in [0.05, 0.1) is 5.69 Å². The molecular formula is C20H25ClN2O3. The molecule has 140 valence electrons. The Hall–Kier alpha value is -2.27. The summed E-state index contributed by atoms with van der Waals surface area (Å²) < 4.78 is 7.50. The summed E-state index contributed by atoms with van der Waals surface area (Å²) >= 11 is 6.06. The van der Waals surface area contributed by atoms with Crippen LogP contribution >= 0.6 is 11.6 Å². The van der Waals surface area contributed by atoms with Crippen LogP contribution in [0.5, 0.6) is 5.75 Å². The summed E-state index contributed by atoms with van der Waals surface area (Å²) in [5.74, 6) is 0.485. The molecule has 2 rings (SSSR count). The number of carbonyl (C=O) groups is 1. The first kappa shape index (κ1) is 20.0. The maximum Gasteiger partial charge on any atom is 0.258 e. The van der Waals surface area contributed by atoms with Crippen LogP contribution in [0, 0.1) is 12.8 Å². The normalized spacial score (nSPS) is 10.8. The number of hydrogen-bond acceptors (Lipinski definition) is 3. The summed E-state index contributed by atoms with van der Waals surface area (Å²) in [5.41, 5.74) is 1.34. The van der Waals surface area contributed by atoms with Crippen molar-refractivity contribution in [1.82, 2.24) is 9.88 Å². The van der Waals surface area contributed by atoms with Crippen molar-refractivity contribution in [2.24, 2.45) is 5.92 Å². The minimum Gasteiger partial charge on any atom is -0.478 e. The average Bonchev–Trinajstić information content (AvgIpc) is 2.60. The van der Waals surface area contributed by atoms with Gasteiger partial charge in [0.15, 0.2) is 12.4 Å². The fraction of sp³-hybridized carbons (Fsp3) is 0.400. The van der Waals surface area contributed by atoms with Gasteiger partial charge in [0.1, 0.15) is 0 Å². The molecule has 1 amide bonds. The van der Waals surface area contributed by atoms with Crippen LogP contribution in [-0.4, -0.2) is 17.1 Å². The molecular weight excluding hydrogens is 352 g/mol. The summed E-state index contributed by atoms with van der Waals surface area (Å²) in [7, 11) is 0. The highest BCUT2D eigenvalue weighted by Crippen LogP contribution is 2.15. The number of benzene rings is 1. The van der Waals surface area contributed by atoms with E-state index in [-0.39, 0.29) is 23.7 Å². The topological polar surface area (TPSA) is 60.3 Å². The summed E-state index contributed by atoms with van der Waals surface area (Å²) in [6.45, 7) is 7.04. The van der Waals surface area contributed by atoms with Gasteiger partial charge in [0, 0.05) is 30.4 Å². The molecule has 1 N–H and O–H groups in total. The molecule has 0 bridgehead atoms. The molecule has 0 aliphatic heterocycles. The maximum absolute atomic E-state index is 12.1. The number of pyridine rings is 1. The Kier molecular flexibility index (Phi) is 7.27. The van der Waals surface area contributed by atoms with Gasteiger partial charge in [-0.25, -0.2) is 0 Å². The van der Waals surface area contributed by atoms with E-state index in [1.54, 1.807) is 12.3 Å². The number of amides is 1. The zero-order chi connectivity index (χ0) is 19.1. The molecule has 1 aromatic carbocycles. The van der Waals surface area contributed by atoms with Crippen LogP contribution in [0.4, 0.5) is 0 Å². The van der Waals surface area contributed by atoms with Gasteiger partial charge in [-0.15, -0.1) is 0 Å². The first-order valence-corrected chi connectivity index (χ1v) is 9.09. The lowest BCUT2D eigenvalue weighted by molar-refractivity contribution is -0.123. The van der Waals surface area contributed by atoms with Gasteiger partial charge in [-0.3, -0.25) is 9.59 Å². The van der Waals surface area contributed by atoms with Crippen LogP contribution in [0.2, 0.25) is 5.02 Å². The van der Waals surface area contributed by atoms with Gasteiger partial charge in [0.25, 0.3) is 5.91 Å². The van der Waals surface area contributed by atoms with Crippen LogP contribution in [0.3, 0.4) is 0 Å². The minimum atomic E-state index is -0.304. The Labute approximate surface area is 158 Å². The molecule has 0 saturated heterocycles. The lowest BCUT2D eigenvalue weighted by Crippen LogP contribution is -2.30. The number of aryl methyl sites for hydroxylation is 1. The van der Waals surface area contributed by atoms with Gasteiger partial charge in [-0.05, 0) is 30.9 Å². The van der Waals surface area contributed by atoms with Crippen molar-refractivity contribution in [2.75, 3.05) is 6.61 Å². The van der Waals surface area contributed by atoms with Gasteiger partial charge >= 0.3 is 0 Å². The fourth-order valence-electron chi connectivity index (χ4n) is 2.49. The smallest absolute Gasteiger partial charge is 0.258 e. The van der Waals surface area contributed by atoms with E-state index in [0.717, 1.165) is 24.2 Å². The number of hydrogen-bond donors (Lipinski definition) is 1. The highest BCUT2D eigenvalue weighted by molar-refractivity contribution is 6.31. The van der Waals surface area contributed by atoms with Gasteiger partial charge in [-0.1, -0.05) is 43.6 Å². The monoisotopic (exact) mass is 376 g/mol. The Balaban J connectivity index is 1.95.